The summed E-state index contributed by atoms with van der Waals surface area (Å²) in [4.78, 5) is 51.6. The second kappa shape index (κ2) is 7.50. The molecule has 1 aliphatic heterocycles. The molecule has 144 valence electrons. The number of hydrogen-bond donors (Lipinski definition) is 1. The van der Waals surface area contributed by atoms with Gasteiger partial charge in [-0.15, -0.1) is 0 Å². The summed E-state index contributed by atoms with van der Waals surface area (Å²) in [6.45, 7) is 5.34. The highest BCUT2D eigenvalue weighted by Crippen LogP contribution is 2.31. The first kappa shape index (κ1) is 19.1. The third-order valence-electron chi connectivity index (χ3n) is 5.44. The third-order valence-corrected chi connectivity index (χ3v) is 5.44. The molecule has 1 aliphatic carbocycles. The van der Waals surface area contributed by atoms with E-state index in [-0.39, 0.29) is 12.0 Å². The molecule has 1 aromatic rings. The predicted molar refractivity (Wildman–Crippen MR) is 99.9 cm³/mol. The molecule has 1 aromatic carbocycles. The number of hydrogen-bond acceptors (Lipinski definition) is 4. The zero-order valence-electron chi connectivity index (χ0n) is 15.9. The summed E-state index contributed by atoms with van der Waals surface area (Å²) in [5.74, 6) is -2.09. The summed E-state index contributed by atoms with van der Waals surface area (Å²) >= 11 is 0. The standard InChI is InChI=1S/C20H25N3O4/c1-12-8-9-15(14(3)10-12)21-17(24)11-22-18(25)19(26)23(20(22)27)16-7-5-4-6-13(16)2/h8-10,13,16H,4-7,11H2,1-3H3,(H,21,24)/t13-,16+/m0/s1. The van der Waals surface area contributed by atoms with Gasteiger partial charge >= 0.3 is 17.8 Å². The summed E-state index contributed by atoms with van der Waals surface area (Å²) in [6.07, 6.45) is 3.61. The lowest BCUT2D eigenvalue weighted by molar-refractivity contribution is -0.145. The lowest BCUT2D eigenvalue weighted by Gasteiger charge is -2.34. The second-order valence-electron chi connectivity index (χ2n) is 7.54. The Hall–Kier alpha value is -2.70. The van der Waals surface area contributed by atoms with Gasteiger partial charge in [0.15, 0.2) is 0 Å². The van der Waals surface area contributed by atoms with E-state index in [1.807, 2.05) is 32.9 Å². The average Bonchev–Trinajstić information content (AvgIpc) is 2.82. The molecule has 2 aliphatic rings. The Bertz CT molecular complexity index is 804. The Kier molecular flexibility index (Phi) is 5.30. The molecule has 0 spiro atoms. The fraction of sp³-hybridized carbons (Fsp3) is 0.500. The van der Waals surface area contributed by atoms with Crippen LogP contribution in [-0.4, -0.2) is 46.1 Å². The summed E-state index contributed by atoms with van der Waals surface area (Å²) < 4.78 is 0. The Morgan fingerprint density at radius 3 is 2.48 bits per heavy atom. The zero-order valence-corrected chi connectivity index (χ0v) is 15.9. The van der Waals surface area contributed by atoms with Crippen LogP contribution in [-0.2, 0) is 14.4 Å². The quantitative estimate of drug-likeness (QED) is 0.651. The number of rotatable bonds is 4. The molecule has 3 rings (SSSR count). The van der Waals surface area contributed by atoms with Crippen molar-refractivity contribution in [3.63, 3.8) is 0 Å². The molecule has 0 aromatic heterocycles. The van der Waals surface area contributed by atoms with E-state index in [4.69, 9.17) is 0 Å². The van der Waals surface area contributed by atoms with Crippen molar-refractivity contribution in [2.75, 3.05) is 11.9 Å². The van der Waals surface area contributed by atoms with E-state index < -0.39 is 30.3 Å². The molecule has 2 atom stereocenters. The number of nitrogens with one attached hydrogen (secondary N) is 1. The van der Waals surface area contributed by atoms with Crippen molar-refractivity contribution >= 4 is 29.4 Å². The SMILES string of the molecule is Cc1ccc(NC(=O)CN2C(=O)C(=O)N([C@@H]3CCCC[C@@H]3C)C2=O)c(C)c1. The van der Waals surface area contributed by atoms with Crippen LogP contribution >= 0.6 is 0 Å². The van der Waals surface area contributed by atoms with Crippen molar-refractivity contribution < 1.29 is 19.2 Å². The Labute approximate surface area is 158 Å². The maximum Gasteiger partial charge on any atom is 0.334 e. The highest BCUT2D eigenvalue weighted by molar-refractivity contribution is 6.45. The van der Waals surface area contributed by atoms with E-state index in [0.29, 0.717) is 12.1 Å². The van der Waals surface area contributed by atoms with Crippen LogP contribution in [0, 0.1) is 19.8 Å². The van der Waals surface area contributed by atoms with Crippen LogP contribution in [0.15, 0.2) is 18.2 Å². The molecule has 7 nitrogen and oxygen atoms in total. The minimum absolute atomic E-state index is 0.156. The minimum Gasteiger partial charge on any atom is -0.324 e. The number of anilines is 1. The van der Waals surface area contributed by atoms with Crippen molar-refractivity contribution in [2.24, 2.45) is 5.92 Å². The fourth-order valence-electron chi connectivity index (χ4n) is 3.92. The van der Waals surface area contributed by atoms with Crippen molar-refractivity contribution in [2.45, 2.75) is 52.5 Å². The maximum absolute atomic E-state index is 12.7. The van der Waals surface area contributed by atoms with Gasteiger partial charge in [0, 0.05) is 11.7 Å². The number of benzene rings is 1. The van der Waals surface area contributed by atoms with E-state index >= 15 is 0 Å². The Morgan fingerprint density at radius 1 is 1.11 bits per heavy atom. The van der Waals surface area contributed by atoms with Crippen LogP contribution in [0.3, 0.4) is 0 Å². The van der Waals surface area contributed by atoms with Gasteiger partial charge in [-0.2, -0.15) is 0 Å². The lowest BCUT2D eigenvalue weighted by Crippen LogP contribution is -2.46. The Balaban J connectivity index is 1.71. The molecule has 0 radical (unpaired) electrons. The molecular formula is C20H25N3O4. The van der Waals surface area contributed by atoms with Gasteiger partial charge < -0.3 is 5.32 Å². The van der Waals surface area contributed by atoms with Crippen LogP contribution in [0.2, 0.25) is 0 Å². The smallest absolute Gasteiger partial charge is 0.324 e. The van der Waals surface area contributed by atoms with Gasteiger partial charge in [0.25, 0.3) is 0 Å². The molecule has 1 N–H and O–H groups in total. The average molecular weight is 371 g/mol. The number of imide groups is 2. The predicted octanol–water partition coefficient (Wildman–Crippen LogP) is 2.61. The largest absolute Gasteiger partial charge is 0.334 e. The van der Waals surface area contributed by atoms with Crippen LogP contribution < -0.4 is 5.32 Å². The minimum atomic E-state index is -0.923. The monoisotopic (exact) mass is 371 g/mol. The summed E-state index contributed by atoms with van der Waals surface area (Å²) in [7, 11) is 0. The number of carbonyl (C=O) groups is 4. The van der Waals surface area contributed by atoms with Gasteiger partial charge in [-0.05, 0) is 44.2 Å². The van der Waals surface area contributed by atoms with Crippen molar-refractivity contribution in [1.82, 2.24) is 9.80 Å². The van der Waals surface area contributed by atoms with E-state index in [9.17, 15) is 19.2 Å². The lowest BCUT2D eigenvalue weighted by atomic mass is 9.85. The fourth-order valence-corrected chi connectivity index (χ4v) is 3.92. The summed E-state index contributed by atoms with van der Waals surface area (Å²) in [6, 6.07) is 4.62. The number of urea groups is 1. The van der Waals surface area contributed by atoms with Crippen LogP contribution in [0.4, 0.5) is 10.5 Å². The topological polar surface area (TPSA) is 86.8 Å². The molecule has 1 saturated heterocycles. The van der Waals surface area contributed by atoms with Crippen molar-refractivity contribution in [1.29, 1.82) is 0 Å². The van der Waals surface area contributed by atoms with E-state index in [1.54, 1.807) is 6.07 Å². The number of aryl methyl sites for hydroxylation is 2. The van der Waals surface area contributed by atoms with Gasteiger partial charge in [-0.1, -0.05) is 37.5 Å². The van der Waals surface area contributed by atoms with Crippen molar-refractivity contribution in [3.8, 4) is 0 Å². The second-order valence-corrected chi connectivity index (χ2v) is 7.54. The highest BCUT2D eigenvalue weighted by atomic mass is 16.2. The highest BCUT2D eigenvalue weighted by Gasteiger charge is 2.49. The first-order valence-electron chi connectivity index (χ1n) is 9.35. The molecular weight excluding hydrogens is 346 g/mol. The maximum atomic E-state index is 12.7. The number of amides is 5. The van der Waals surface area contributed by atoms with Crippen LogP contribution in [0.1, 0.15) is 43.7 Å². The third kappa shape index (κ3) is 3.72. The van der Waals surface area contributed by atoms with E-state index in [2.05, 4.69) is 5.32 Å². The Morgan fingerprint density at radius 2 is 1.81 bits per heavy atom. The first-order valence-corrected chi connectivity index (χ1v) is 9.35. The normalized spacial score (nSPS) is 23.1. The summed E-state index contributed by atoms with van der Waals surface area (Å²) in [5, 5.41) is 2.71. The molecule has 27 heavy (non-hydrogen) atoms. The molecule has 2 fully saturated rings. The number of nitrogens with zero attached hydrogens (tertiary/aromatic N) is 2. The molecule has 0 bridgehead atoms. The van der Waals surface area contributed by atoms with Crippen molar-refractivity contribution in [3.05, 3.63) is 29.3 Å². The van der Waals surface area contributed by atoms with Gasteiger partial charge in [0.2, 0.25) is 5.91 Å². The van der Waals surface area contributed by atoms with Gasteiger partial charge in [0.1, 0.15) is 6.54 Å². The van der Waals surface area contributed by atoms with Gasteiger partial charge in [0.05, 0.1) is 0 Å². The molecule has 0 unspecified atom stereocenters. The number of carbonyl (C=O) groups excluding carboxylic acids is 4. The molecule has 1 heterocycles. The first-order chi connectivity index (χ1) is 12.8. The molecule has 1 saturated carbocycles. The van der Waals surface area contributed by atoms with Gasteiger partial charge in [-0.25, -0.2) is 9.69 Å². The molecule has 5 amide bonds. The zero-order chi connectivity index (χ0) is 19.7. The summed E-state index contributed by atoms with van der Waals surface area (Å²) in [5.41, 5.74) is 2.57. The van der Waals surface area contributed by atoms with Crippen LogP contribution in [0.5, 0.6) is 0 Å². The van der Waals surface area contributed by atoms with Crippen LogP contribution in [0.25, 0.3) is 0 Å². The molecule has 7 heteroatoms. The van der Waals surface area contributed by atoms with E-state index in [0.717, 1.165) is 40.2 Å². The van der Waals surface area contributed by atoms with E-state index in [1.165, 1.54) is 0 Å². The van der Waals surface area contributed by atoms with Gasteiger partial charge in [-0.3, -0.25) is 19.3 Å².